The number of anilines is 1. The van der Waals surface area contributed by atoms with E-state index in [1.54, 1.807) is 12.1 Å². The van der Waals surface area contributed by atoms with Crippen LogP contribution in [-0.4, -0.2) is 19.9 Å². The van der Waals surface area contributed by atoms with Crippen LogP contribution in [0.25, 0.3) is 0 Å². The Kier molecular flexibility index (Phi) is 2.84. The lowest BCUT2D eigenvalue weighted by atomic mass is 9.77. The van der Waals surface area contributed by atoms with Crippen molar-refractivity contribution < 1.29 is 8.42 Å². The number of sulfone groups is 1. The van der Waals surface area contributed by atoms with Crippen molar-refractivity contribution in [2.24, 2.45) is 0 Å². The average Bonchev–Trinajstić information content (AvgIpc) is 2.31. The van der Waals surface area contributed by atoms with E-state index in [9.17, 15) is 13.7 Å². The Morgan fingerprint density at radius 1 is 1.18 bits per heavy atom. The lowest BCUT2D eigenvalue weighted by molar-refractivity contribution is 0.478. The molecular formula is C12H14N2O2S. The van der Waals surface area contributed by atoms with Crippen molar-refractivity contribution in [3.8, 4) is 6.07 Å². The Bertz CT molecular complexity index is 541. The average molecular weight is 250 g/mol. The second-order valence-electron chi connectivity index (χ2n) is 4.47. The molecule has 0 unspecified atom stereocenters. The fraction of sp³-hybridized carbons (Fsp3) is 0.417. The number of nitrogens with two attached hydrogens (primary N) is 1. The molecule has 1 heterocycles. The topological polar surface area (TPSA) is 83.9 Å². The van der Waals surface area contributed by atoms with Crippen LogP contribution in [0.4, 0.5) is 5.69 Å². The summed E-state index contributed by atoms with van der Waals surface area (Å²) in [6.07, 6.45) is 0.742. The number of nitriles is 1. The zero-order valence-electron chi connectivity index (χ0n) is 9.39. The van der Waals surface area contributed by atoms with E-state index in [1.807, 2.05) is 12.1 Å². The third kappa shape index (κ3) is 2.27. The highest BCUT2D eigenvalue weighted by Crippen LogP contribution is 2.36. The first kappa shape index (κ1) is 11.9. The van der Waals surface area contributed by atoms with Crippen LogP contribution in [0.5, 0.6) is 0 Å². The van der Waals surface area contributed by atoms with Crippen molar-refractivity contribution >= 4 is 15.5 Å². The maximum atomic E-state index is 11.4. The number of nitrogens with zero attached hydrogens (tertiary/aromatic N) is 1. The summed E-state index contributed by atoms with van der Waals surface area (Å²) in [5.41, 5.74) is 6.45. The summed E-state index contributed by atoms with van der Waals surface area (Å²) < 4.78 is 22.8. The monoisotopic (exact) mass is 250 g/mol. The van der Waals surface area contributed by atoms with E-state index in [4.69, 9.17) is 5.73 Å². The van der Waals surface area contributed by atoms with Gasteiger partial charge in [-0.25, -0.2) is 8.42 Å². The number of hydrogen-bond acceptors (Lipinski definition) is 4. The molecule has 90 valence electrons. The molecule has 1 aromatic rings. The second kappa shape index (κ2) is 4.04. The number of nitrogen functional groups attached to an aromatic ring is 1. The van der Waals surface area contributed by atoms with E-state index >= 15 is 0 Å². The summed E-state index contributed by atoms with van der Waals surface area (Å²) in [6.45, 7) is 0. The predicted octanol–water partition coefficient (Wildman–Crippen LogP) is 1.24. The van der Waals surface area contributed by atoms with Crippen LogP contribution in [-0.2, 0) is 15.3 Å². The zero-order chi connectivity index (χ0) is 12.5. The highest BCUT2D eigenvalue weighted by molar-refractivity contribution is 7.91. The van der Waals surface area contributed by atoms with Gasteiger partial charge < -0.3 is 5.73 Å². The summed E-state index contributed by atoms with van der Waals surface area (Å²) in [5.74, 6) is 0.176. The highest BCUT2D eigenvalue weighted by Gasteiger charge is 2.38. The van der Waals surface area contributed by atoms with E-state index in [-0.39, 0.29) is 11.5 Å². The molecule has 0 saturated carbocycles. The van der Waals surface area contributed by atoms with Gasteiger partial charge in [-0.15, -0.1) is 0 Å². The fourth-order valence-corrected chi connectivity index (χ4v) is 3.68. The van der Waals surface area contributed by atoms with Crippen molar-refractivity contribution in [1.29, 1.82) is 5.26 Å². The Morgan fingerprint density at radius 3 is 2.18 bits per heavy atom. The van der Waals surface area contributed by atoms with E-state index in [0.29, 0.717) is 18.5 Å². The van der Waals surface area contributed by atoms with Crippen molar-refractivity contribution in [1.82, 2.24) is 0 Å². The van der Waals surface area contributed by atoms with Gasteiger partial charge in [-0.2, -0.15) is 5.26 Å². The second-order valence-corrected chi connectivity index (χ2v) is 6.77. The SMILES string of the molecule is N#CC1(c2ccc(N)cc2)CCS(=O)(=O)CC1. The van der Waals surface area contributed by atoms with Crippen LogP contribution >= 0.6 is 0 Å². The van der Waals surface area contributed by atoms with Gasteiger partial charge in [0.1, 0.15) is 9.84 Å². The van der Waals surface area contributed by atoms with Crippen LogP contribution in [0.2, 0.25) is 0 Å². The summed E-state index contributed by atoms with van der Waals surface area (Å²) in [5, 5.41) is 9.36. The molecule has 0 amide bonds. The van der Waals surface area contributed by atoms with E-state index in [1.165, 1.54) is 0 Å². The first-order valence-electron chi connectivity index (χ1n) is 5.45. The Hall–Kier alpha value is -1.54. The molecule has 1 aliphatic heterocycles. The molecule has 2 N–H and O–H groups in total. The quantitative estimate of drug-likeness (QED) is 0.760. The van der Waals surface area contributed by atoms with E-state index < -0.39 is 15.3 Å². The summed E-state index contributed by atoms with van der Waals surface area (Å²) in [6, 6.07) is 9.41. The molecule has 0 aromatic heterocycles. The van der Waals surface area contributed by atoms with Gasteiger partial charge in [-0.1, -0.05) is 12.1 Å². The molecular weight excluding hydrogens is 236 g/mol. The molecule has 1 aromatic carbocycles. The normalized spacial score (nSPS) is 21.6. The first-order valence-corrected chi connectivity index (χ1v) is 7.27. The minimum absolute atomic E-state index is 0.0882. The molecule has 0 radical (unpaired) electrons. The Balaban J connectivity index is 2.34. The van der Waals surface area contributed by atoms with Crippen molar-refractivity contribution in [2.75, 3.05) is 17.2 Å². The van der Waals surface area contributed by atoms with Crippen LogP contribution in [0.1, 0.15) is 18.4 Å². The van der Waals surface area contributed by atoms with Crippen molar-refractivity contribution in [3.05, 3.63) is 29.8 Å². The zero-order valence-corrected chi connectivity index (χ0v) is 10.2. The van der Waals surface area contributed by atoms with Crippen LogP contribution in [0.15, 0.2) is 24.3 Å². The maximum absolute atomic E-state index is 11.4. The summed E-state index contributed by atoms with van der Waals surface area (Å²) >= 11 is 0. The largest absolute Gasteiger partial charge is 0.399 e. The van der Waals surface area contributed by atoms with Gasteiger partial charge in [-0.05, 0) is 30.5 Å². The van der Waals surface area contributed by atoms with Gasteiger partial charge in [0.15, 0.2) is 0 Å². The molecule has 0 bridgehead atoms. The van der Waals surface area contributed by atoms with E-state index in [2.05, 4.69) is 6.07 Å². The van der Waals surface area contributed by atoms with Crippen molar-refractivity contribution in [2.45, 2.75) is 18.3 Å². The van der Waals surface area contributed by atoms with Gasteiger partial charge in [0.2, 0.25) is 0 Å². The fourth-order valence-electron chi connectivity index (χ4n) is 2.15. The molecule has 0 atom stereocenters. The summed E-state index contributed by atoms with van der Waals surface area (Å²) in [7, 11) is -2.96. The number of hydrogen-bond donors (Lipinski definition) is 1. The maximum Gasteiger partial charge on any atom is 0.150 e. The summed E-state index contributed by atoms with van der Waals surface area (Å²) in [4.78, 5) is 0. The van der Waals surface area contributed by atoms with Crippen LogP contribution in [0, 0.1) is 11.3 Å². The molecule has 1 fully saturated rings. The highest BCUT2D eigenvalue weighted by atomic mass is 32.2. The lowest BCUT2D eigenvalue weighted by Gasteiger charge is -2.30. The Morgan fingerprint density at radius 2 is 1.71 bits per heavy atom. The first-order chi connectivity index (χ1) is 7.97. The molecule has 1 saturated heterocycles. The Labute approximate surface area is 101 Å². The lowest BCUT2D eigenvalue weighted by Crippen LogP contribution is -2.35. The van der Waals surface area contributed by atoms with Crippen LogP contribution < -0.4 is 5.73 Å². The van der Waals surface area contributed by atoms with Crippen LogP contribution in [0.3, 0.4) is 0 Å². The standard InChI is InChI=1S/C12H14N2O2S/c13-9-12(5-7-17(15,16)8-6-12)10-1-3-11(14)4-2-10/h1-4H,5-8,14H2. The molecule has 0 spiro atoms. The molecule has 4 nitrogen and oxygen atoms in total. The number of rotatable bonds is 1. The number of benzene rings is 1. The molecule has 17 heavy (non-hydrogen) atoms. The van der Waals surface area contributed by atoms with E-state index in [0.717, 1.165) is 5.56 Å². The third-order valence-corrected chi connectivity index (χ3v) is 5.01. The van der Waals surface area contributed by atoms with Gasteiger partial charge in [-0.3, -0.25) is 0 Å². The predicted molar refractivity (Wildman–Crippen MR) is 66.0 cm³/mol. The van der Waals surface area contributed by atoms with Gasteiger partial charge in [0.25, 0.3) is 0 Å². The van der Waals surface area contributed by atoms with Gasteiger partial charge in [0, 0.05) is 5.69 Å². The smallest absolute Gasteiger partial charge is 0.150 e. The third-order valence-electron chi connectivity index (χ3n) is 3.36. The minimum Gasteiger partial charge on any atom is -0.399 e. The molecule has 2 rings (SSSR count). The van der Waals surface area contributed by atoms with Crippen molar-refractivity contribution in [3.63, 3.8) is 0 Å². The molecule has 1 aliphatic rings. The van der Waals surface area contributed by atoms with Gasteiger partial charge in [0.05, 0.1) is 23.0 Å². The molecule has 5 heteroatoms. The molecule has 0 aliphatic carbocycles. The van der Waals surface area contributed by atoms with Gasteiger partial charge >= 0.3 is 0 Å². The minimum atomic E-state index is -2.96.